The summed E-state index contributed by atoms with van der Waals surface area (Å²) in [6, 6.07) is 17.0. The minimum Gasteiger partial charge on any atom is -0.375 e. The molecule has 1 aromatic heterocycles. The number of nitrogens with one attached hydrogen (secondary N) is 1. The van der Waals surface area contributed by atoms with Crippen LogP contribution in [0.4, 0.5) is 5.69 Å². The van der Waals surface area contributed by atoms with Crippen molar-refractivity contribution in [2.75, 3.05) is 18.5 Å². The Morgan fingerprint density at radius 3 is 2.52 bits per heavy atom. The van der Waals surface area contributed by atoms with Crippen LogP contribution in [0.3, 0.4) is 0 Å². The van der Waals surface area contributed by atoms with E-state index in [1.54, 1.807) is 12.1 Å². The predicted octanol–water partition coefficient (Wildman–Crippen LogP) is 3.12. The van der Waals surface area contributed by atoms with Crippen LogP contribution in [0.1, 0.15) is 23.2 Å². The van der Waals surface area contributed by atoms with Crippen LogP contribution < -0.4 is 10.2 Å². The molecular formula is C19H20N4O2. The minimum atomic E-state index is -0.176. The molecule has 0 fully saturated rings. The standard InChI is InChI=1S/C19H20N4O2/c1-3-23(2)16-11-9-15(10-12-16)19(24)20-13-17-21-18(22-25-17)14-7-5-4-6-8-14/h4-12H,3,13H2,1-2H3,(H,20,24). The quantitative estimate of drug-likeness (QED) is 0.749. The van der Waals surface area contributed by atoms with Crippen LogP contribution in [-0.4, -0.2) is 29.6 Å². The van der Waals surface area contributed by atoms with Gasteiger partial charge in [-0.15, -0.1) is 0 Å². The first-order valence-electron chi connectivity index (χ1n) is 8.14. The number of amides is 1. The van der Waals surface area contributed by atoms with Crippen molar-refractivity contribution in [3.63, 3.8) is 0 Å². The van der Waals surface area contributed by atoms with E-state index in [4.69, 9.17) is 4.52 Å². The summed E-state index contributed by atoms with van der Waals surface area (Å²) >= 11 is 0. The summed E-state index contributed by atoms with van der Waals surface area (Å²) in [5.41, 5.74) is 2.54. The Bertz CT molecular complexity index is 828. The normalized spacial score (nSPS) is 10.5. The van der Waals surface area contributed by atoms with Gasteiger partial charge >= 0.3 is 0 Å². The molecule has 0 bridgehead atoms. The Labute approximate surface area is 146 Å². The lowest BCUT2D eigenvalue weighted by Gasteiger charge is -2.16. The molecule has 3 aromatic rings. The largest absolute Gasteiger partial charge is 0.375 e. The van der Waals surface area contributed by atoms with Crippen molar-refractivity contribution in [3.8, 4) is 11.4 Å². The number of hydrogen-bond acceptors (Lipinski definition) is 5. The van der Waals surface area contributed by atoms with Crippen LogP contribution in [0.25, 0.3) is 11.4 Å². The van der Waals surface area contributed by atoms with Gasteiger partial charge in [-0.25, -0.2) is 0 Å². The lowest BCUT2D eigenvalue weighted by Crippen LogP contribution is -2.23. The molecule has 2 aromatic carbocycles. The smallest absolute Gasteiger partial charge is 0.251 e. The number of carbonyl (C=O) groups is 1. The molecule has 0 aliphatic carbocycles. The Kier molecular flexibility index (Phi) is 5.09. The Balaban J connectivity index is 1.60. The zero-order chi connectivity index (χ0) is 17.6. The molecular weight excluding hydrogens is 316 g/mol. The highest BCUT2D eigenvalue weighted by atomic mass is 16.5. The average molecular weight is 336 g/mol. The van der Waals surface area contributed by atoms with Crippen molar-refractivity contribution < 1.29 is 9.32 Å². The number of benzene rings is 2. The molecule has 0 spiro atoms. The number of nitrogens with zero attached hydrogens (tertiary/aromatic N) is 3. The van der Waals surface area contributed by atoms with Crippen molar-refractivity contribution >= 4 is 11.6 Å². The van der Waals surface area contributed by atoms with Gasteiger partial charge in [0.15, 0.2) is 0 Å². The summed E-state index contributed by atoms with van der Waals surface area (Å²) in [5.74, 6) is 0.705. The molecule has 0 saturated heterocycles. The summed E-state index contributed by atoms with van der Waals surface area (Å²) in [4.78, 5) is 18.6. The number of rotatable bonds is 6. The molecule has 1 amide bonds. The fraction of sp³-hybridized carbons (Fsp3) is 0.211. The molecule has 0 radical (unpaired) electrons. The zero-order valence-corrected chi connectivity index (χ0v) is 14.3. The van der Waals surface area contributed by atoms with E-state index >= 15 is 0 Å². The summed E-state index contributed by atoms with van der Waals surface area (Å²) in [7, 11) is 2.01. The van der Waals surface area contributed by atoms with Gasteiger partial charge in [0.2, 0.25) is 11.7 Å². The second-order valence-electron chi connectivity index (χ2n) is 5.62. The topological polar surface area (TPSA) is 71.3 Å². The average Bonchev–Trinajstić information content (AvgIpc) is 3.15. The lowest BCUT2D eigenvalue weighted by molar-refractivity contribution is 0.0946. The summed E-state index contributed by atoms with van der Waals surface area (Å²) in [6.45, 7) is 3.18. The van der Waals surface area contributed by atoms with E-state index in [1.807, 2.05) is 49.5 Å². The van der Waals surface area contributed by atoms with Gasteiger partial charge in [-0.05, 0) is 31.2 Å². The van der Waals surface area contributed by atoms with Crippen molar-refractivity contribution in [2.24, 2.45) is 0 Å². The van der Waals surface area contributed by atoms with Crippen LogP contribution in [0.15, 0.2) is 59.1 Å². The van der Waals surface area contributed by atoms with E-state index in [9.17, 15) is 4.79 Å². The van der Waals surface area contributed by atoms with Crippen LogP contribution in [0.2, 0.25) is 0 Å². The van der Waals surface area contributed by atoms with Crippen LogP contribution in [0.5, 0.6) is 0 Å². The fourth-order valence-corrected chi connectivity index (χ4v) is 2.34. The molecule has 25 heavy (non-hydrogen) atoms. The summed E-state index contributed by atoms with van der Waals surface area (Å²) in [5, 5.41) is 6.73. The third kappa shape index (κ3) is 4.03. The van der Waals surface area contributed by atoms with Crippen LogP contribution in [0, 0.1) is 0 Å². The first-order chi connectivity index (χ1) is 12.2. The monoisotopic (exact) mass is 336 g/mol. The molecule has 0 atom stereocenters. The molecule has 0 aliphatic heterocycles. The van der Waals surface area contributed by atoms with Crippen molar-refractivity contribution in [1.82, 2.24) is 15.5 Å². The Morgan fingerprint density at radius 1 is 1.12 bits per heavy atom. The number of anilines is 1. The first kappa shape index (κ1) is 16.7. The molecule has 0 unspecified atom stereocenters. The molecule has 1 heterocycles. The maximum absolute atomic E-state index is 12.2. The van der Waals surface area contributed by atoms with E-state index in [0.717, 1.165) is 17.8 Å². The third-order valence-electron chi connectivity index (χ3n) is 3.94. The molecule has 1 N–H and O–H groups in total. The van der Waals surface area contributed by atoms with E-state index in [0.29, 0.717) is 17.3 Å². The van der Waals surface area contributed by atoms with E-state index in [1.165, 1.54) is 0 Å². The fourth-order valence-electron chi connectivity index (χ4n) is 2.34. The Morgan fingerprint density at radius 2 is 1.84 bits per heavy atom. The van der Waals surface area contributed by atoms with E-state index < -0.39 is 0 Å². The lowest BCUT2D eigenvalue weighted by atomic mass is 10.2. The van der Waals surface area contributed by atoms with Crippen molar-refractivity contribution in [2.45, 2.75) is 13.5 Å². The number of carbonyl (C=O) groups excluding carboxylic acids is 1. The highest BCUT2D eigenvalue weighted by Gasteiger charge is 2.11. The van der Waals surface area contributed by atoms with Crippen LogP contribution >= 0.6 is 0 Å². The maximum Gasteiger partial charge on any atom is 0.251 e. The second-order valence-corrected chi connectivity index (χ2v) is 5.62. The van der Waals surface area contributed by atoms with Gasteiger partial charge in [-0.3, -0.25) is 4.79 Å². The summed E-state index contributed by atoms with van der Waals surface area (Å²) in [6.07, 6.45) is 0. The molecule has 6 heteroatoms. The minimum absolute atomic E-state index is 0.176. The van der Waals surface area contributed by atoms with E-state index in [-0.39, 0.29) is 12.5 Å². The highest BCUT2D eigenvalue weighted by molar-refractivity contribution is 5.94. The summed E-state index contributed by atoms with van der Waals surface area (Å²) < 4.78 is 5.19. The van der Waals surface area contributed by atoms with Crippen molar-refractivity contribution in [1.29, 1.82) is 0 Å². The molecule has 6 nitrogen and oxygen atoms in total. The zero-order valence-electron chi connectivity index (χ0n) is 14.3. The van der Waals surface area contributed by atoms with Gasteiger partial charge < -0.3 is 14.7 Å². The maximum atomic E-state index is 12.2. The van der Waals surface area contributed by atoms with Crippen LogP contribution in [-0.2, 0) is 6.54 Å². The predicted molar refractivity (Wildman–Crippen MR) is 96.3 cm³/mol. The van der Waals surface area contributed by atoms with Gasteiger partial charge in [0.05, 0.1) is 6.54 Å². The first-order valence-corrected chi connectivity index (χ1v) is 8.14. The molecule has 0 aliphatic rings. The molecule has 0 saturated carbocycles. The Hall–Kier alpha value is -3.15. The van der Waals surface area contributed by atoms with E-state index in [2.05, 4.69) is 27.3 Å². The SMILES string of the molecule is CCN(C)c1ccc(C(=O)NCc2nc(-c3ccccc3)no2)cc1. The van der Waals surface area contributed by atoms with Gasteiger partial charge in [0, 0.05) is 30.4 Å². The number of hydrogen-bond donors (Lipinski definition) is 1. The third-order valence-corrected chi connectivity index (χ3v) is 3.94. The van der Waals surface area contributed by atoms with Crippen molar-refractivity contribution in [3.05, 3.63) is 66.1 Å². The molecule has 128 valence electrons. The molecule has 3 rings (SSSR count). The van der Waals surface area contributed by atoms with Gasteiger partial charge in [-0.1, -0.05) is 35.5 Å². The van der Waals surface area contributed by atoms with Gasteiger partial charge in [-0.2, -0.15) is 4.98 Å². The number of aromatic nitrogens is 2. The van der Waals surface area contributed by atoms with Gasteiger partial charge in [0.1, 0.15) is 0 Å². The second kappa shape index (κ2) is 7.61. The highest BCUT2D eigenvalue weighted by Crippen LogP contribution is 2.15. The van der Waals surface area contributed by atoms with Gasteiger partial charge in [0.25, 0.3) is 5.91 Å².